The first-order valence-corrected chi connectivity index (χ1v) is 8.80. The van der Waals surface area contributed by atoms with E-state index in [1.54, 1.807) is 54.6 Å². The molecule has 0 aliphatic rings. The van der Waals surface area contributed by atoms with E-state index in [0.29, 0.717) is 5.82 Å². The summed E-state index contributed by atoms with van der Waals surface area (Å²) in [5, 5.41) is 7.76. The number of benzene rings is 1. The van der Waals surface area contributed by atoms with Crippen molar-refractivity contribution in [2.24, 2.45) is 0 Å². The number of rotatable bonds is 6. The van der Waals surface area contributed by atoms with Crippen LogP contribution in [0.5, 0.6) is 0 Å². The molecule has 0 unspecified atom stereocenters. The molecule has 0 spiro atoms. The third-order valence-electron chi connectivity index (χ3n) is 3.83. The molecule has 0 aliphatic carbocycles. The summed E-state index contributed by atoms with van der Waals surface area (Å²) in [5.74, 6) is -0.237. The number of hydrogen-bond acceptors (Lipinski definition) is 6. The molecule has 0 aliphatic heterocycles. The van der Waals surface area contributed by atoms with Gasteiger partial charge in [0.15, 0.2) is 0 Å². The highest BCUT2D eigenvalue weighted by Crippen LogP contribution is 2.14. The second-order valence-corrected chi connectivity index (χ2v) is 6.04. The van der Waals surface area contributed by atoms with E-state index in [2.05, 4.69) is 32.5 Å². The van der Waals surface area contributed by atoms with E-state index >= 15 is 0 Å². The van der Waals surface area contributed by atoms with Gasteiger partial charge in [0, 0.05) is 11.1 Å². The topological polar surface area (TPSA) is 139 Å². The van der Waals surface area contributed by atoms with E-state index in [-0.39, 0.29) is 28.6 Å². The standard InChI is InChI=1S/C21H18N6O3/c1-2-19(28)25-17-10-5-11-18(24-17)27-21(30)14-7-3-6-13(12-14)20(29)26-16-9-4-8-15(22)23-16/h2-12H,1H2,(H3,22,23,26,29)(H2,24,25,27,28,30). The molecule has 2 aromatic heterocycles. The zero-order valence-electron chi connectivity index (χ0n) is 15.8. The smallest absolute Gasteiger partial charge is 0.256 e. The molecule has 0 fully saturated rings. The summed E-state index contributed by atoms with van der Waals surface area (Å²) in [6.45, 7) is 3.37. The minimum atomic E-state index is -0.466. The van der Waals surface area contributed by atoms with Crippen molar-refractivity contribution in [3.8, 4) is 0 Å². The van der Waals surface area contributed by atoms with Crippen molar-refractivity contribution in [3.63, 3.8) is 0 Å². The third kappa shape index (κ3) is 5.26. The Hall–Kier alpha value is -4.53. The lowest BCUT2D eigenvalue weighted by atomic mass is 10.1. The molecule has 0 saturated carbocycles. The van der Waals surface area contributed by atoms with Gasteiger partial charge in [-0.05, 0) is 48.5 Å². The number of nitrogens with two attached hydrogens (primary N) is 1. The molecule has 0 atom stereocenters. The van der Waals surface area contributed by atoms with Crippen LogP contribution in [0.1, 0.15) is 20.7 Å². The quantitative estimate of drug-likeness (QED) is 0.468. The minimum Gasteiger partial charge on any atom is -0.384 e. The molecule has 3 rings (SSSR count). The number of pyridine rings is 2. The fraction of sp³-hybridized carbons (Fsp3) is 0. The molecule has 0 bridgehead atoms. The van der Waals surface area contributed by atoms with Gasteiger partial charge in [0.25, 0.3) is 11.8 Å². The van der Waals surface area contributed by atoms with Crippen molar-refractivity contribution in [2.45, 2.75) is 0 Å². The Labute approximate surface area is 172 Å². The van der Waals surface area contributed by atoms with Crippen LogP contribution in [0, 0.1) is 0 Å². The molecule has 5 N–H and O–H groups in total. The minimum absolute atomic E-state index is 0.237. The third-order valence-corrected chi connectivity index (χ3v) is 3.83. The first-order chi connectivity index (χ1) is 14.4. The van der Waals surface area contributed by atoms with Crippen LogP contribution in [0.25, 0.3) is 0 Å². The molecular weight excluding hydrogens is 384 g/mol. The van der Waals surface area contributed by atoms with Gasteiger partial charge < -0.3 is 21.7 Å². The van der Waals surface area contributed by atoms with E-state index in [0.717, 1.165) is 6.08 Å². The number of hydrogen-bond donors (Lipinski definition) is 4. The van der Waals surface area contributed by atoms with Gasteiger partial charge in [0.2, 0.25) is 5.91 Å². The Morgan fingerprint density at radius 1 is 0.767 bits per heavy atom. The Bertz CT molecular complexity index is 1130. The predicted molar refractivity (Wildman–Crippen MR) is 114 cm³/mol. The SMILES string of the molecule is C=CC(=O)Nc1cccc(NC(=O)c2cccc(C(=O)Nc3cccc(N)n3)c2)n1. The average Bonchev–Trinajstić information content (AvgIpc) is 2.74. The summed E-state index contributed by atoms with van der Waals surface area (Å²) in [4.78, 5) is 44.5. The average molecular weight is 402 g/mol. The molecule has 0 saturated heterocycles. The number of carbonyl (C=O) groups is 3. The molecular formula is C21H18N6O3. The molecule has 30 heavy (non-hydrogen) atoms. The largest absolute Gasteiger partial charge is 0.384 e. The van der Waals surface area contributed by atoms with Crippen LogP contribution in [0.15, 0.2) is 73.3 Å². The Morgan fingerprint density at radius 2 is 1.27 bits per heavy atom. The Morgan fingerprint density at radius 3 is 1.83 bits per heavy atom. The van der Waals surface area contributed by atoms with Gasteiger partial charge in [-0.3, -0.25) is 14.4 Å². The molecule has 3 aromatic rings. The summed E-state index contributed by atoms with van der Waals surface area (Å²) < 4.78 is 0. The lowest BCUT2D eigenvalue weighted by molar-refractivity contribution is -0.111. The van der Waals surface area contributed by atoms with Crippen LogP contribution < -0.4 is 21.7 Å². The number of nitrogens with zero attached hydrogens (tertiary/aromatic N) is 2. The molecule has 1 aromatic carbocycles. The first-order valence-electron chi connectivity index (χ1n) is 8.80. The van der Waals surface area contributed by atoms with Crippen LogP contribution in [0.4, 0.5) is 23.3 Å². The van der Waals surface area contributed by atoms with Crippen molar-refractivity contribution in [1.82, 2.24) is 9.97 Å². The maximum Gasteiger partial charge on any atom is 0.256 e. The number of nitrogen functional groups attached to an aromatic ring is 1. The van der Waals surface area contributed by atoms with Crippen LogP contribution >= 0.6 is 0 Å². The summed E-state index contributed by atoms with van der Waals surface area (Å²) in [7, 11) is 0. The maximum absolute atomic E-state index is 12.6. The van der Waals surface area contributed by atoms with E-state index < -0.39 is 17.7 Å². The fourth-order valence-corrected chi connectivity index (χ4v) is 2.45. The van der Waals surface area contributed by atoms with Gasteiger partial charge in [0.1, 0.15) is 23.3 Å². The highest BCUT2D eigenvalue weighted by molar-refractivity contribution is 6.08. The maximum atomic E-state index is 12.6. The molecule has 9 nitrogen and oxygen atoms in total. The van der Waals surface area contributed by atoms with E-state index in [9.17, 15) is 14.4 Å². The molecule has 9 heteroatoms. The van der Waals surface area contributed by atoms with Crippen molar-refractivity contribution >= 4 is 41.0 Å². The number of carbonyl (C=O) groups excluding carboxylic acids is 3. The zero-order valence-corrected chi connectivity index (χ0v) is 15.8. The van der Waals surface area contributed by atoms with Crippen LogP contribution in [-0.2, 0) is 4.79 Å². The highest BCUT2D eigenvalue weighted by atomic mass is 16.2. The summed E-state index contributed by atoms with van der Waals surface area (Å²) >= 11 is 0. The molecule has 150 valence electrons. The summed E-state index contributed by atoms with van der Waals surface area (Å²) in [5.41, 5.74) is 6.13. The number of anilines is 4. The number of aromatic nitrogens is 2. The van der Waals surface area contributed by atoms with Gasteiger partial charge >= 0.3 is 0 Å². The van der Waals surface area contributed by atoms with Gasteiger partial charge in [-0.25, -0.2) is 9.97 Å². The second kappa shape index (κ2) is 9.11. The normalized spacial score (nSPS) is 10.0. The van der Waals surface area contributed by atoms with Gasteiger partial charge in [-0.15, -0.1) is 0 Å². The van der Waals surface area contributed by atoms with E-state index in [1.807, 2.05) is 0 Å². The summed E-state index contributed by atoms with van der Waals surface area (Å²) in [6, 6.07) is 15.8. The van der Waals surface area contributed by atoms with Crippen molar-refractivity contribution in [2.75, 3.05) is 21.7 Å². The van der Waals surface area contributed by atoms with E-state index in [1.165, 1.54) is 6.07 Å². The van der Waals surface area contributed by atoms with Gasteiger partial charge in [-0.1, -0.05) is 24.8 Å². The fourth-order valence-electron chi connectivity index (χ4n) is 2.45. The van der Waals surface area contributed by atoms with Crippen molar-refractivity contribution < 1.29 is 14.4 Å². The second-order valence-electron chi connectivity index (χ2n) is 6.04. The van der Waals surface area contributed by atoms with Crippen LogP contribution in [0.2, 0.25) is 0 Å². The highest BCUT2D eigenvalue weighted by Gasteiger charge is 2.12. The number of nitrogens with one attached hydrogen (secondary N) is 3. The molecule has 0 radical (unpaired) electrons. The first kappa shape index (κ1) is 20.2. The van der Waals surface area contributed by atoms with Crippen molar-refractivity contribution in [3.05, 3.63) is 84.4 Å². The van der Waals surface area contributed by atoms with Crippen molar-refractivity contribution in [1.29, 1.82) is 0 Å². The monoisotopic (exact) mass is 402 g/mol. The molecule has 2 heterocycles. The predicted octanol–water partition coefficient (Wildman–Crippen LogP) is 2.69. The van der Waals surface area contributed by atoms with Gasteiger partial charge in [-0.2, -0.15) is 0 Å². The summed E-state index contributed by atoms with van der Waals surface area (Å²) in [6.07, 6.45) is 1.11. The lowest BCUT2D eigenvalue weighted by Crippen LogP contribution is -2.17. The lowest BCUT2D eigenvalue weighted by Gasteiger charge is -2.09. The molecule has 3 amide bonds. The Kier molecular flexibility index (Phi) is 6.14. The zero-order chi connectivity index (χ0) is 21.5. The van der Waals surface area contributed by atoms with E-state index in [4.69, 9.17) is 5.73 Å². The van der Waals surface area contributed by atoms with Crippen LogP contribution in [0.3, 0.4) is 0 Å². The van der Waals surface area contributed by atoms with Gasteiger partial charge in [0.05, 0.1) is 0 Å². The Balaban J connectivity index is 1.71. The number of amides is 3. The van der Waals surface area contributed by atoms with Crippen LogP contribution in [-0.4, -0.2) is 27.7 Å².